The molecule has 0 spiro atoms. The highest BCUT2D eigenvalue weighted by Gasteiger charge is 1.99. The van der Waals surface area contributed by atoms with Gasteiger partial charge in [0.25, 0.3) is 0 Å². The molecule has 0 saturated heterocycles. The van der Waals surface area contributed by atoms with Gasteiger partial charge in [-0.3, -0.25) is 4.98 Å². The molecule has 2 aromatic heterocycles. The van der Waals surface area contributed by atoms with Crippen LogP contribution in [0.1, 0.15) is 4.88 Å². The Morgan fingerprint density at radius 3 is 3.23 bits per heavy atom. The number of hydrogen-bond donors (Lipinski definition) is 1. The van der Waals surface area contributed by atoms with Gasteiger partial charge in [-0.05, 0) is 37.5 Å². The molecular weight excluding hydrogens is 180 g/mol. The summed E-state index contributed by atoms with van der Waals surface area (Å²) in [6.45, 7) is 1.04. The molecule has 2 rings (SSSR count). The molecule has 0 radical (unpaired) electrons. The third kappa shape index (κ3) is 1.87. The van der Waals surface area contributed by atoms with Crippen molar-refractivity contribution in [2.24, 2.45) is 0 Å². The zero-order valence-electron chi connectivity index (χ0n) is 7.58. The van der Waals surface area contributed by atoms with E-state index in [9.17, 15) is 0 Å². The number of fused-ring (bicyclic) bond motifs is 1. The largest absolute Gasteiger partial charge is 0.319 e. The van der Waals surface area contributed by atoms with Gasteiger partial charge in [0.2, 0.25) is 0 Å². The van der Waals surface area contributed by atoms with E-state index >= 15 is 0 Å². The van der Waals surface area contributed by atoms with Gasteiger partial charge in [-0.15, -0.1) is 11.3 Å². The maximum absolute atomic E-state index is 4.10. The Bertz CT molecular complexity index is 361. The van der Waals surface area contributed by atoms with Gasteiger partial charge < -0.3 is 5.32 Å². The van der Waals surface area contributed by atoms with Crippen molar-refractivity contribution in [3.05, 3.63) is 29.4 Å². The van der Waals surface area contributed by atoms with E-state index in [2.05, 4.69) is 22.4 Å². The molecule has 2 nitrogen and oxygen atoms in total. The minimum atomic E-state index is 1.04. The van der Waals surface area contributed by atoms with Crippen LogP contribution in [-0.2, 0) is 6.42 Å². The maximum atomic E-state index is 4.10. The van der Waals surface area contributed by atoms with E-state index in [0.29, 0.717) is 0 Å². The molecular formula is C10H12N2S. The average molecular weight is 192 g/mol. The van der Waals surface area contributed by atoms with Gasteiger partial charge in [0.05, 0.1) is 4.70 Å². The number of likely N-dealkylation sites (N-methyl/N-ethyl adjacent to an activating group) is 1. The van der Waals surface area contributed by atoms with E-state index in [1.807, 2.05) is 30.8 Å². The summed E-state index contributed by atoms with van der Waals surface area (Å²) in [5.41, 5.74) is 0. The summed E-state index contributed by atoms with van der Waals surface area (Å²) in [4.78, 5) is 5.53. The lowest BCUT2D eigenvalue weighted by Gasteiger charge is -1.93. The van der Waals surface area contributed by atoms with Crippen LogP contribution < -0.4 is 5.32 Å². The van der Waals surface area contributed by atoms with Gasteiger partial charge >= 0.3 is 0 Å². The van der Waals surface area contributed by atoms with Crippen LogP contribution in [0.4, 0.5) is 0 Å². The Balaban J connectivity index is 2.28. The predicted molar refractivity (Wildman–Crippen MR) is 57.3 cm³/mol. The van der Waals surface area contributed by atoms with E-state index < -0.39 is 0 Å². The monoisotopic (exact) mass is 192 g/mol. The number of aromatic nitrogens is 1. The smallest absolute Gasteiger partial charge is 0.0529 e. The summed E-state index contributed by atoms with van der Waals surface area (Å²) < 4.78 is 1.29. The highest BCUT2D eigenvalue weighted by Crippen LogP contribution is 2.24. The number of thiophene rings is 1. The van der Waals surface area contributed by atoms with Crippen molar-refractivity contribution in [1.29, 1.82) is 0 Å². The van der Waals surface area contributed by atoms with E-state index in [1.165, 1.54) is 15.0 Å². The summed E-state index contributed by atoms with van der Waals surface area (Å²) >= 11 is 1.83. The highest BCUT2D eigenvalue weighted by atomic mass is 32.1. The molecule has 68 valence electrons. The molecule has 0 bridgehead atoms. The molecule has 3 heteroatoms. The third-order valence-electron chi connectivity index (χ3n) is 2.00. The topological polar surface area (TPSA) is 24.9 Å². The molecule has 0 aliphatic rings. The Labute approximate surface area is 81.6 Å². The lowest BCUT2D eigenvalue weighted by molar-refractivity contribution is 0.799. The van der Waals surface area contributed by atoms with Crippen LogP contribution in [0.2, 0.25) is 0 Å². The number of rotatable bonds is 3. The first kappa shape index (κ1) is 8.66. The molecule has 0 aromatic carbocycles. The summed E-state index contributed by atoms with van der Waals surface area (Å²) in [5, 5.41) is 4.46. The zero-order valence-corrected chi connectivity index (χ0v) is 8.40. The SMILES string of the molecule is CNCCc1cc2ccncc2s1. The van der Waals surface area contributed by atoms with E-state index in [1.54, 1.807) is 0 Å². The Hall–Kier alpha value is -0.930. The van der Waals surface area contributed by atoms with E-state index in [4.69, 9.17) is 0 Å². The molecule has 0 saturated carbocycles. The van der Waals surface area contributed by atoms with Crippen molar-refractivity contribution in [1.82, 2.24) is 10.3 Å². The van der Waals surface area contributed by atoms with E-state index in [-0.39, 0.29) is 0 Å². The first-order valence-electron chi connectivity index (χ1n) is 4.37. The molecule has 0 amide bonds. The second kappa shape index (κ2) is 3.85. The van der Waals surface area contributed by atoms with Crippen LogP contribution in [-0.4, -0.2) is 18.6 Å². The fraction of sp³-hybridized carbons (Fsp3) is 0.300. The van der Waals surface area contributed by atoms with Crippen molar-refractivity contribution >= 4 is 21.4 Å². The Kier molecular flexibility index (Phi) is 2.57. The Morgan fingerprint density at radius 1 is 1.54 bits per heavy atom. The highest BCUT2D eigenvalue weighted by molar-refractivity contribution is 7.19. The minimum Gasteiger partial charge on any atom is -0.319 e. The van der Waals surface area contributed by atoms with Gasteiger partial charge in [0, 0.05) is 17.3 Å². The molecule has 0 unspecified atom stereocenters. The van der Waals surface area contributed by atoms with Gasteiger partial charge in [-0.25, -0.2) is 0 Å². The van der Waals surface area contributed by atoms with Crippen LogP contribution in [0, 0.1) is 0 Å². The minimum absolute atomic E-state index is 1.04. The van der Waals surface area contributed by atoms with Gasteiger partial charge in [-0.2, -0.15) is 0 Å². The number of hydrogen-bond acceptors (Lipinski definition) is 3. The van der Waals surface area contributed by atoms with Crippen LogP contribution in [0.3, 0.4) is 0 Å². The van der Waals surface area contributed by atoms with Gasteiger partial charge in [0.1, 0.15) is 0 Å². The lowest BCUT2D eigenvalue weighted by Crippen LogP contribution is -2.09. The van der Waals surface area contributed by atoms with Crippen molar-refractivity contribution in [3.8, 4) is 0 Å². The molecule has 2 aromatic rings. The van der Waals surface area contributed by atoms with Gasteiger partial charge in [-0.1, -0.05) is 0 Å². The first-order chi connectivity index (χ1) is 6.40. The average Bonchev–Trinajstić information content (AvgIpc) is 2.57. The molecule has 0 fully saturated rings. The lowest BCUT2D eigenvalue weighted by atomic mass is 10.3. The summed E-state index contributed by atoms with van der Waals surface area (Å²) in [5.74, 6) is 0. The quantitative estimate of drug-likeness (QED) is 0.805. The van der Waals surface area contributed by atoms with Crippen molar-refractivity contribution < 1.29 is 0 Å². The van der Waals surface area contributed by atoms with Crippen molar-refractivity contribution in [3.63, 3.8) is 0 Å². The molecule has 2 heterocycles. The number of pyridine rings is 1. The maximum Gasteiger partial charge on any atom is 0.0529 e. The van der Waals surface area contributed by atoms with Crippen LogP contribution >= 0.6 is 11.3 Å². The van der Waals surface area contributed by atoms with Crippen LogP contribution in [0.25, 0.3) is 10.1 Å². The predicted octanol–water partition coefficient (Wildman–Crippen LogP) is 2.06. The molecule has 0 aliphatic carbocycles. The number of nitrogens with zero attached hydrogens (tertiary/aromatic N) is 1. The fourth-order valence-electron chi connectivity index (χ4n) is 1.31. The zero-order chi connectivity index (χ0) is 9.10. The molecule has 0 atom stereocenters. The summed E-state index contributed by atoms with van der Waals surface area (Å²) in [6.07, 6.45) is 4.88. The number of nitrogens with one attached hydrogen (secondary N) is 1. The molecule has 0 aliphatic heterocycles. The van der Waals surface area contributed by atoms with E-state index in [0.717, 1.165) is 13.0 Å². The molecule has 13 heavy (non-hydrogen) atoms. The summed E-state index contributed by atoms with van der Waals surface area (Å²) in [7, 11) is 1.98. The second-order valence-corrected chi connectivity index (χ2v) is 4.15. The standard InChI is InChI=1S/C10H12N2S/c1-11-4-3-9-6-8-2-5-12-7-10(8)13-9/h2,5-7,11H,3-4H2,1H3. The summed E-state index contributed by atoms with van der Waals surface area (Å²) in [6, 6.07) is 4.31. The molecule has 1 N–H and O–H groups in total. The normalized spacial score (nSPS) is 10.8. The third-order valence-corrected chi connectivity index (χ3v) is 3.14. The van der Waals surface area contributed by atoms with Crippen LogP contribution in [0.15, 0.2) is 24.5 Å². The first-order valence-corrected chi connectivity index (χ1v) is 5.19. The fourth-order valence-corrected chi connectivity index (χ4v) is 2.34. The van der Waals surface area contributed by atoms with Crippen molar-refractivity contribution in [2.75, 3.05) is 13.6 Å². The van der Waals surface area contributed by atoms with Gasteiger partial charge in [0.15, 0.2) is 0 Å². The Morgan fingerprint density at radius 2 is 2.46 bits per heavy atom. The second-order valence-electron chi connectivity index (χ2n) is 2.98. The van der Waals surface area contributed by atoms with Crippen LogP contribution in [0.5, 0.6) is 0 Å². The van der Waals surface area contributed by atoms with Crippen molar-refractivity contribution in [2.45, 2.75) is 6.42 Å².